The lowest BCUT2D eigenvalue weighted by atomic mass is 10.1. The van der Waals surface area contributed by atoms with E-state index in [0.29, 0.717) is 6.61 Å². The Morgan fingerprint density at radius 3 is 2.47 bits per heavy atom. The molecule has 0 radical (unpaired) electrons. The van der Waals surface area contributed by atoms with Gasteiger partial charge >= 0.3 is 0 Å². The standard InChI is InChI=1S/C14H23NO2/c1-14(2,16-3)9-11-17-12-10-15-13-7-5-4-6-8-13/h4-8,15H,9-12H2,1-3H3. The summed E-state index contributed by atoms with van der Waals surface area (Å²) in [5.74, 6) is 0. The molecule has 0 fully saturated rings. The van der Waals surface area contributed by atoms with Crippen LogP contribution in [-0.2, 0) is 9.47 Å². The lowest BCUT2D eigenvalue weighted by Gasteiger charge is -2.22. The van der Waals surface area contributed by atoms with Gasteiger partial charge in [-0.1, -0.05) is 18.2 Å². The van der Waals surface area contributed by atoms with Crippen molar-refractivity contribution < 1.29 is 9.47 Å². The van der Waals surface area contributed by atoms with Crippen LogP contribution < -0.4 is 5.32 Å². The Morgan fingerprint density at radius 2 is 1.82 bits per heavy atom. The van der Waals surface area contributed by atoms with Gasteiger partial charge in [0.25, 0.3) is 0 Å². The Bertz CT molecular complexity index is 298. The van der Waals surface area contributed by atoms with Crippen LogP contribution in [0.5, 0.6) is 0 Å². The largest absolute Gasteiger partial charge is 0.383 e. The van der Waals surface area contributed by atoms with Crippen molar-refractivity contribution in [3.8, 4) is 0 Å². The van der Waals surface area contributed by atoms with Crippen LogP contribution in [0.25, 0.3) is 0 Å². The summed E-state index contributed by atoms with van der Waals surface area (Å²) in [7, 11) is 1.73. The summed E-state index contributed by atoms with van der Waals surface area (Å²) in [5.41, 5.74) is 1.04. The molecule has 0 aliphatic carbocycles. The zero-order valence-corrected chi connectivity index (χ0v) is 11.0. The number of rotatable bonds is 8. The fraction of sp³-hybridized carbons (Fsp3) is 0.571. The maximum absolute atomic E-state index is 5.55. The van der Waals surface area contributed by atoms with Gasteiger partial charge in [0.2, 0.25) is 0 Å². The maximum Gasteiger partial charge on any atom is 0.0644 e. The van der Waals surface area contributed by atoms with Gasteiger partial charge in [-0.15, -0.1) is 0 Å². The third-order valence-electron chi connectivity index (χ3n) is 2.75. The normalized spacial score (nSPS) is 11.5. The molecule has 0 saturated heterocycles. The number of anilines is 1. The van der Waals surface area contributed by atoms with Crippen LogP contribution >= 0.6 is 0 Å². The highest BCUT2D eigenvalue weighted by Gasteiger charge is 2.15. The summed E-state index contributed by atoms with van der Waals surface area (Å²) in [6, 6.07) is 10.1. The molecule has 0 bridgehead atoms. The SMILES string of the molecule is COC(C)(C)CCOCCNc1ccccc1. The van der Waals surface area contributed by atoms with Crippen LogP contribution in [0.15, 0.2) is 30.3 Å². The lowest BCUT2D eigenvalue weighted by Crippen LogP contribution is -2.25. The zero-order chi connectivity index (χ0) is 12.6. The van der Waals surface area contributed by atoms with Crippen molar-refractivity contribution >= 4 is 5.69 Å². The van der Waals surface area contributed by atoms with Gasteiger partial charge in [0.05, 0.1) is 12.2 Å². The van der Waals surface area contributed by atoms with Gasteiger partial charge in [-0.3, -0.25) is 0 Å². The van der Waals surface area contributed by atoms with Gasteiger partial charge in [-0.2, -0.15) is 0 Å². The highest BCUT2D eigenvalue weighted by Crippen LogP contribution is 2.12. The quantitative estimate of drug-likeness (QED) is 0.705. The molecule has 1 rings (SSSR count). The Morgan fingerprint density at radius 1 is 1.12 bits per heavy atom. The van der Waals surface area contributed by atoms with Crippen molar-refractivity contribution in [3.63, 3.8) is 0 Å². The molecular weight excluding hydrogens is 214 g/mol. The van der Waals surface area contributed by atoms with Crippen LogP contribution in [0.3, 0.4) is 0 Å². The number of nitrogens with one attached hydrogen (secondary N) is 1. The monoisotopic (exact) mass is 237 g/mol. The minimum atomic E-state index is -0.0904. The summed E-state index contributed by atoms with van der Waals surface area (Å²) in [4.78, 5) is 0. The fourth-order valence-electron chi connectivity index (χ4n) is 1.35. The average Bonchev–Trinajstić information content (AvgIpc) is 2.35. The second kappa shape index (κ2) is 7.30. The number of hydrogen-bond donors (Lipinski definition) is 1. The summed E-state index contributed by atoms with van der Waals surface area (Å²) < 4.78 is 10.9. The van der Waals surface area contributed by atoms with Crippen molar-refractivity contribution in [3.05, 3.63) is 30.3 Å². The molecule has 0 heterocycles. The molecule has 0 amide bonds. The molecule has 0 aromatic heterocycles. The van der Waals surface area contributed by atoms with E-state index >= 15 is 0 Å². The summed E-state index contributed by atoms with van der Waals surface area (Å²) in [6.45, 7) is 6.42. The molecule has 0 spiro atoms. The van der Waals surface area contributed by atoms with E-state index in [1.54, 1.807) is 7.11 Å². The summed E-state index contributed by atoms with van der Waals surface area (Å²) in [5, 5.41) is 3.30. The predicted molar refractivity (Wildman–Crippen MR) is 71.5 cm³/mol. The first-order valence-electron chi connectivity index (χ1n) is 6.06. The van der Waals surface area contributed by atoms with E-state index in [1.165, 1.54) is 0 Å². The smallest absolute Gasteiger partial charge is 0.0644 e. The van der Waals surface area contributed by atoms with Gasteiger partial charge in [-0.05, 0) is 32.4 Å². The van der Waals surface area contributed by atoms with Crippen LogP contribution in [0.2, 0.25) is 0 Å². The molecule has 0 aliphatic heterocycles. The minimum Gasteiger partial charge on any atom is -0.383 e. The van der Waals surface area contributed by atoms with Crippen molar-refractivity contribution in [2.45, 2.75) is 25.9 Å². The molecule has 17 heavy (non-hydrogen) atoms. The first-order valence-corrected chi connectivity index (χ1v) is 6.06. The van der Waals surface area contributed by atoms with E-state index in [-0.39, 0.29) is 5.60 Å². The Hall–Kier alpha value is -1.06. The van der Waals surface area contributed by atoms with Gasteiger partial charge in [-0.25, -0.2) is 0 Å². The Kier molecular flexibility index (Phi) is 6.01. The van der Waals surface area contributed by atoms with E-state index in [1.807, 2.05) is 30.3 Å². The van der Waals surface area contributed by atoms with Crippen LogP contribution in [0, 0.1) is 0 Å². The molecule has 3 heteroatoms. The molecule has 1 aromatic carbocycles. The highest BCUT2D eigenvalue weighted by molar-refractivity contribution is 5.42. The van der Waals surface area contributed by atoms with Crippen LogP contribution in [0.1, 0.15) is 20.3 Å². The van der Waals surface area contributed by atoms with Crippen molar-refractivity contribution in [1.82, 2.24) is 0 Å². The summed E-state index contributed by atoms with van der Waals surface area (Å²) in [6.07, 6.45) is 0.912. The van der Waals surface area contributed by atoms with Gasteiger partial charge < -0.3 is 14.8 Å². The van der Waals surface area contributed by atoms with Gasteiger partial charge in [0.1, 0.15) is 0 Å². The molecule has 0 atom stereocenters. The molecule has 0 saturated carbocycles. The van der Waals surface area contributed by atoms with E-state index < -0.39 is 0 Å². The Balaban J connectivity index is 2.02. The zero-order valence-electron chi connectivity index (χ0n) is 11.0. The van der Waals surface area contributed by atoms with Gasteiger partial charge in [0.15, 0.2) is 0 Å². The Labute approximate surface area is 104 Å². The average molecular weight is 237 g/mol. The van der Waals surface area contributed by atoms with Crippen molar-refractivity contribution in [2.75, 3.05) is 32.2 Å². The third kappa shape index (κ3) is 6.29. The fourth-order valence-corrected chi connectivity index (χ4v) is 1.35. The van der Waals surface area contributed by atoms with Crippen molar-refractivity contribution in [1.29, 1.82) is 0 Å². The second-order valence-corrected chi connectivity index (χ2v) is 4.62. The number of hydrogen-bond acceptors (Lipinski definition) is 3. The predicted octanol–water partition coefficient (Wildman–Crippen LogP) is 2.93. The number of methoxy groups -OCH3 is 1. The molecule has 0 unspecified atom stereocenters. The molecule has 1 aromatic rings. The van der Waals surface area contributed by atoms with E-state index in [2.05, 4.69) is 19.2 Å². The van der Waals surface area contributed by atoms with E-state index in [4.69, 9.17) is 9.47 Å². The lowest BCUT2D eigenvalue weighted by molar-refractivity contribution is -0.00856. The molecule has 0 aliphatic rings. The van der Waals surface area contributed by atoms with Gasteiger partial charge in [0, 0.05) is 25.9 Å². The number of para-hydroxylation sites is 1. The number of ether oxygens (including phenoxy) is 2. The molecule has 1 N–H and O–H groups in total. The topological polar surface area (TPSA) is 30.5 Å². The third-order valence-corrected chi connectivity index (χ3v) is 2.75. The van der Waals surface area contributed by atoms with Crippen LogP contribution in [0.4, 0.5) is 5.69 Å². The highest BCUT2D eigenvalue weighted by atomic mass is 16.5. The first-order chi connectivity index (χ1) is 8.14. The summed E-state index contributed by atoms with van der Waals surface area (Å²) >= 11 is 0. The minimum absolute atomic E-state index is 0.0904. The molecule has 3 nitrogen and oxygen atoms in total. The first kappa shape index (κ1) is 14.0. The van der Waals surface area contributed by atoms with E-state index in [9.17, 15) is 0 Å². The molecular formula is C14H23NO2. The maximum atomic E-state index is 5.55. The molecule has 96 valence electrons. The number of benzene rings is 1. The van der Waals surface area contributed by atoms with Crippen LogP contribution in [-0.4, -0.2) is 32.5 Å². The second-order valence-electron chi connectivity index (χ2n) is 4.62. The van der Waals surface area contributed by atoms with E-state index in [0.717, 1.165) is 25.3 Å². The van der Waals surface area contributed by atoms with Crippen molar-refractivity contribution in [2.24, 2.45) is 0 Å².